The quantitative estimate of drug-likeness (QED) is 0.0474. The van der Waals surface area contributed by atoms with E-state index in [4.69, 9.17) is 25.5 Å². The van der Waals surface area contributed by atoms with Crippen molar-refractivity contribution in [1.29, 1.82) is 5.41 Å². The predicted octanol–water partition coefficient (Wildman–Crippen LogP) is 2.22. The molecule has 2 aromatic carbocycles. The largest absolute Gasteiger partial charge is 0.469 e. The Kier molecular flexibility index (Phi) is 11.5. The molecule has 244 valence electrons. The third-order valence-corrected chi connectivity index (χ3v) is 7.53. The lowest BCUT2D eigenvalue weighted by Gasteiger charge is -2.27. The first-order chi connectivity index (χ1) is 22.1. The molecular weight excluding hydrogens is 596 g/mol. The highest BCUT2D eigenvalue weighted by molar-refractivity contribution is 6.03. The van der Waals surface area contributed by atoms with Crippen LogP contribution in [0.3, 0.4) is 0 Å². The Morgan fingerprint density at radius 1 is 1.15 bits per heavy atom. The van der Waals surface area contributed by atoms with E-state index in [1.165, 1.54) is 0 Å². The number of aliphatic hydroxyl groups is 1. The number of nitrogen functional groups attached to an aromatic ring is 1. The Balaban J connectivity index is 1.52. The summed E-state index contributed by atoms with van der Waals surface area (Å²) in [6.45, 7) is 1.64. The number of esters is 2. The lowest BCUT2D eigenvalue weighted by Crippen LogP contribution is -2.55. The van der Waals surface area contributed by atoms with Crippen LogP contribution in [0.25, 0.3) is 10.9 Å². The molecule has 0 saturated heterocycles. The van der Waals surface area contributed by atoms with Crippen molar-refractivity contribution in [2.45, 2.75) is 57.9 Å². The molecule has 3 aromatic rings. The number of ether oxygens (including phenoxy) is 2. The number of rotatable bonds is 15. The summed E-state index contributed by atoms with van der Waals surface area (Å²) in [5.74, 6) is -4.28. The minimum Gasteiger partial charge on any atom is -0.469 e. The molecule has 0 saturated carbocycles. The second-order valence-corrected chi connectivity index (χ2v) is 10.8. The molecule has 0 aliphatic carbocycles. The number of aromatic amines is 1. The molecule has 14 heteroatoms. The van der Waals surface area contributed by atoms with Gasteiger partial charge in [-0.05, 0) is 18.1 Å². The summed E-state index contributed by atoms with van der Waals surface area (Å²) in [6, 6.07) is 13.9. The van der Waals surface area contributed by atoms with E-state index >= 15 is 0 Å². The molecule has 7 N–H and O–H groups in total. The second kappa shape index (κ2) is 15.7. The Morgan fingerprint density at radius 2 is 1.89 bits per heavy atom. The zero-order chi connectivity index (χ0) is 33.2. The van der Waals surface area contributed by atoms with Crippen molar-refractivity contribution >= 4 is 46.2 Å². The van der Waals surface area contributed by atoms with Crippen LogP contribution in [-0.4, -0.2) is 71.4 Å². The summed E-state index contributed by atoms with van der Waals surface area (Å²) in [7, 11) is 1.13. The van der Waals surface area contributed by atoms with Crippen molar-refractivity contribution in [3.8, 4) is 0 Å². The molecule has 0 spiro atoms. The predicted molar refractivity (Wildman–Crippen MR) is 168 cm³/mol. The molecule has 46 heavy (non-hydrogen) atoms. The number of amides is 2. The summed E-state index contributed by atoms with van der Waals surface area (Å²) < 4.78 is 10.2. The average Bonchev–Trinajstić information content (AvgIpc) is 3.67. The van der Waals surface area contributed by atoms with Crippen LogP contribution in [0.2, 0.25) is 0 Å². The summed E-state index contributed by atoms with van der Waals surface area (Å²) in [6.07, 6.45) is -1.00. The summed E-state index contributed by atoms with van der Waals surface area (Å²) in [5, 5.41) is 27.6. The minimum absolute atomic E-state index is 0.0325. The number of amidine groups is 1. The third kappa shape index (κ3) is 8.27. The molecular formula is C32H38N6O8. The molecule has 2 amide bonds. The van der Waals surface area contributed by atoms with Crippen LogP contribution in [0.4, 0.5) is 0 Å². The number of unbranched alkanes of at least 4 members (excludes halogenated alkanes) is 1. The summed E-state index contributed by atoms with van der Waals surface area (Å²) >= 11 is 0. The van der Waals surface area contributed by atoms with E-state index in [9.17, 15) is 24.3 Å². The number of nitrogens with two attached hydrogens (primary N) is 1. The van der Waals surface area contributed by atoms with Crippen molar-refractivity contribution in [3.63, 3.8) is 0 Å². The van der Waals surface area contributed by atoms with Crippen molar-refractivity contribution in [2.24, 2.45) is 16.8 Å². The topological polar surface area (TPSA) is 218 Å². The SMILES string of the molecule is CCCCOC(=O)CC(C(=O)OC)[C@H](NC(=O)CC1CC(c2ccc(C(=N)N)cc2)=NO1)NC(=O)c1[nH]c2ccccc2c1CO. The number of nitrogens with one attached hydrogen (secondary N) is 4. The van der Waals surface area contributed by atoms with Crippen molar-refractivity contribution in [2.75, 3.05) is 13.7 Å². The highest BCUT2D eigenvalue weighted by Gasteiger charge is 2.36. The zero-order valence-electron chi connectivity index (χ0n) is 25.6. The van der Waals surface area contributed by atoms with E-state index in [1.54, 1.807) is 48.5 Å². The van der Waals surface area contributed by atoms with Crippen LogP contribution in [0.5, 0.6) is 0 Å². The molecule has 0 fully saturated rings. The van der Waals surface area contributed by atoms with Gasteiger partial charge in [-0.2, -0.15) is 0 Å². The van der Waals surface area contributed by atoms with Gasteiger partial charge in [0.1, 0.15) is 29.7 Å². The fourth-order valence-corrected chi connectivity index (χ4v) is 5.06. The highest BCUT2D eigenvalue weighted by Crippen LogP contribution is 2.24. The molecule has 14 nitrogen and oxygen atoms in total. The molecule has 1 aliphatic rings. The van der Waals surface area contributed by atoms with Gasteiger partial charge < -0.3 is 40.8 Å². The Hall–Kier alpha value is -5.24. The van der Waals surface area contributed by atoms with Crippen LogP contribution in [0, 0.1) is 11.3 Å². The van der Waals surface area contributed by atoms with Crippen LogP contribution in [0.15, 0.2) is 53.7 Å². The average molecular weight is 635 g/mol. The number of H-pyrrole nitrogens is 1. The molecule has 2 unspecified atom stereocenters. The van der Waals surface area contributed by atoms with Gasteiger partial charge in [0, 0.05) is 28.5 Å². The number of fused-ring (bicyclic) bond motifs is 1. The van der Waals surface area contributed by atoms with Crippen LogP contribution >= 0.6 is 0 Å². The van der Waals surface area contributed by atoms with E-state index in [-0.39, 0.29) is 24.6 Å². The van der Waals surface area contributed by atoms with Gasteiger partial charge in [-0.3, -0.25) is 24.6 Å². The summed E-state index contributed by atoms with van der Waals surface area (Å²) in [5.41, 5.74) is 8.37. The first kappa shape index (κ1) is 33.6. The highest BCUT2D eigenvalue weighted by atomic mass is 16.6. The lowest BCUT2D eigenvalue weighted by molar-refractivity contribution is -0.155. The standard InChI is InChI=1S/C32H38N6O8/c1-3-4-13-45-27(41)16-22(32(43)44-2)30(37-31(42)28-23(17-39)21-7-5-6-8-24(21)35-28)36-26(40)15-20-14-25(38-46-20)18-9-11-19(12-10-18)29(33)34/h5-12,20,22,30,35,39H,3-4,13-17H2,1-2H3,(H3,33,34)(H,36,40)(H,37,42)/t20?,22?,30-/m1/s1. The van der Waals surface area contributed by atoms with Gasteiger partial charge in [-0.1, -0.05) is 61.0 Å². The molecule has 1 aliphatic heterocycles. The van der Waals surface area contributed by atoms with Crippen molar-refractivity contribution in [3.05, 3.63) is 70.9 Å². The number of benzene rings is 2. The fourth-order valence-electron chi connectivity index (χ4n) is 5.06. The van der Waals surface area contributed by atoms with Gasteiger partial charge in [0.25, 0.3) is 5.91 Å². The number of methoxy groups -OCH3 is 1. The number of carbonyl (C=O) groups excluding carboxylic acids is 4. The van der Waals surface area contributed by atoms with Gasteiger partial charge in [-0.15, -0.1) is 0 Å². The van der Waals surface area contributed by atoms with E-state index in [0.717, 1.165) is 19.1 Å². The number of aromatic nitrogens is 1. The van der Waals surface area contributed by atoms with Crippen LogP contribution in [-0.2, 0) is 35.3 Å². The molecule has 2 heterocycles. The number of nitrogens with zero attached hydrogens (tertiary/aromatic N) is 1. The smallest absolute Gasteiger partial charge is 0.313 e. The maximum atomic E-state index is 13.6. The van der Waals surface area contributed by atoms with E-state index < -0.39 is 55.0 Å². The maximum absolute atomic E-state index is 13.6. The van der Waals surface area contributed by atoms with E-state index in [0.29, 0.717) is 40.6 Å². The second-order valence-electron chi connectivity index (χ2n) is 10.8. The van der Waals surface area contributed by atoms with E-state index in [2.05, 4.69) is 20.8 Å². The van der Waals surface area contributed by atoms with Crippen molar-refractivity contribution in [1.82, 2.24) is 15.6 Å². The number of hydrogen-bond donors (Lipinski definition) is 6. The lowest BCUT2D eigenvalue weighted by atomic mass is 9.99. The Bertz CT molecular complexity index is 1620. The monoisotopic (exact) mass is 634 g/mol. The molecule has 0 bridgehead atoms. The fraction of sp³-hybridized carbons (Fsp3) is 0.375. The van der Waals surface area contributed by atoms with Gasteiger partial charge in [0.05, 0.1) is 38.9 Å². The number of hydrogen-bond acceptors (Lipinski definition) is 10. The first-order valence-corrected chi connectivity index (χ1v) is 14.9. The zero-order valence-corrected chi connectivity index (χ0v) is 25.6. The number of aliphatic hydroxyl groups excluding tert-OH is 1. The normalized spacial score (nSPS) is 15.3. The van der Waals surface area contributed by atoms with E-state index in [1.807, 2.05) is 6.92 Å². The Labute approximate surface area is 265 Å². The van der Waals surface area contributed by atoms with Crippen LogP contribution < -0.4 is 16.4 Å². The Morgan fingerprint density at radius 3 is 2.57 bits per heavy atom. The molecule has 1 aromatic heterocycles. The van der Waals surface area contributed by atoms with Gasteiger partial charge in [0.15, 0.2) is 0 Å². The van der Waals surface area contributed by atoms with Gasteiger partial charge in [-0.25, -0.2) is 0 Å². The first-order valence-electron chi connectivity index (χ1n) is 14.9. The molecule has 0 radical (unpaired) electrons. The third-order valence-electron chi connectivity index (χ3n) is 7.53. The van der Waals surface area contributed by atoms with Crippen LogP contribution in [0.1, 0.15) is 66.2 Å². The molecule has 4 rings (SSSR count). The number of carbonyl (C=O) groups is 4. The number of para-hydroxylation sites is 1. The van der Waals surface area contributed by atoms with Crippen molar-refractivity contribution < 1.29 is 38.6 Å². The molecule has 3 atom stereocenters. The van der Waals surface area contributed by atoms with Gasteiger partial charge >= 0.3 is 11.9 Å². The van der Waals surface area contributed by atoms with Gasteiger partial charge in [0.2, 0.25) is 5.91 Å². The maximum Gasteiger partial charge on any atom is 0.313 e. The summed E-state index contributed by atoms with van der Waals surface area (Å²) in [4.78, 5) is 61.0. The number of oxime groups is 1. The minimum atomic E-state index is -1.40.